The Bertz CT molecular complexity index is 679. The third kappa shape index (κ3) is 2.76. The van der Waals surface area contributed by atoms with E-state index in [4.69, 9.17) is 4.52 Å². The van der Waals surface area contributed by atoms with Gasteiger partial charge in [0.25, 0.3) is 0 Å². The number of rotatable bonds is 4. The number of hydrogen-bond acceptors (Lipinski definition) is 5. The van der Waals surface area contributed by atoms with Crippen LogP contribution in [0.15, 0.2) is 46.0 Å². The van der Waals surface area contributed by atoms with E-state index in [2.05, 4.69) is 10.1 Å². The number of sulfone groups is 1. The summed E-state index contributed by atoms with van der Waals surface area (Å²) < 4.78 is 29.4. The monoisotopic (exact) mass is 292 g/mol. The standard InChI is InChI=1S/C14H16N2O3S/c17-20(18,13-4-2-1-3-5-13)9-8-16-7-6-14-12(10-16)11-19-15-14/h1-5,11H,6-10H2. The molecule has 6 heteroatoms. The van der Waals surface area contributed by atoms with Gasteiger partial charge in [-0.15, -0.1) is 0 Å². The van der Waals surface area contributed by atoms with E-state index in [-0.39, 0.29) is 5.75 Å². The fourth-order valence-electron chi connectivity index (χ4n) is 2.38. The van der Waals surface area contributed by atoms with Crippen LogP contribution in [0.5, 0.6) is 0 Å². The largest absolute Gasteiger partial charge is 0.364 e. The fraction of sp³-hybridized carbons (Fsp3) is 0.357. The second-order valence-corrected chi connectivity index (χ2v) is 7.05. The Morgan fingerprint density at radius 2 is 2.05 bits per heavy atom. The average molecular weight is 292 g/mol. The van der Waals surface area contributed by atoms with Gasteiger partial charge in [0.05, 0.1) is 16.3 Å². The van der Waals surface area contributed by atoms with Gasteiger partial charge in [-0.1, -0.05) is 23.4 Å². The summed E-state index contributed by atoms with van der Waals surface area (Å²) in [7, 11) is -3.20. The highest BCUT2D eigenvalue weighted by molar-refractivity contribution is 7.91. The van der Waals surface area contributed by atoms with Crippen LogP contribution in [0.2, 0.25) is 0 Å². The van der Waals surface area contributed by atoms with E-state index in [1.807, 2.05) is 6.07 Å². The van der Waals surface area contributed by atoms with Crippen molar-refractivity contribution in [1.82, 2.24) is 10.1 Å². The molecule has 0 N–H and O–H groups in total. The lowest BCUT2D eigenvalue weighted by atomic mass is 10.1. The van der Waals surface area contributed by atoms with Crippen molar-refractivity contribution < 1.29 is 12.9 Å². The molecule has 0 unspecified atom stereocenters. The molecule has 3 rings (SSSR count). The van der Waals surface area contributed by atoms with Crippen LogP contribution < -0.4 is 0 Å². The molecule has 0 saturated heterocycles. The molecule has 0 spiro atoms. The number of fused-ring (bicyclic) bond motifs is 1. The zero-order valence-electron chi connectivity index (χ0n) is 11.0. The molecule has 1 aliphatic heterocycles. The lowest BCUT2D eigenvalue weighted by Crippen LogP contribution is -2.34. The van der Waals surface area contributed by atoms with E-state index >= 15 is 0 Å². The second-order valence-electron chi connectivity index (χ2n) is 4.94. The van der Waals surface area contributed by atoms with Gasteiger partial charge in [-0.2, -0.15) is 0 Å². The summed E-state index contributed by atoms with van der Waals surface area (Å²) in [5.41, 5.74) is 2.06. The van der Waals surface area contributed by atoms with Crippen LogP contribution in [0.3, 0.4) is 0 Å². The Hall–Kier alpha value is -1.66. The quantitative estimate of drug-likeness (QED) is 0.854. The molecule has 0 bridgehead atoms. The van der Waals surface area contributed by atoms with Crippen molar-refractivity contribution in [2.24, 2.45) is 0 Å². The smallest absolute Gasteiger partial charge is 0.179 e. The van der Waals surface area contributed by atoms with Gasteiger partial charge in [0, 0.05) is 31.6 Å². The van der Waals surface area contributed by atoms with Gasteiger partial charge in [0.1, 0.15) is 6.26 Å². The first-order valence-electron chi connectivity index (χ1n) is 6.57. The molecule has 0 amide bonds. The summed E-state index contributed by atoms with van der Waals surface area (Å²) in [6, 6.07) is 8.60. The second kappa shape index (κ2) is 5.38. The summed E-state index contributed by atoms with van der Waals surface area (Å²) in [6.07, 6.45) is 2.46. The molecular formula is C14H16N2O3S. The topological polar surface area (TPSA) is 63.4 Å². The molecule has 2 heterocycles. The van der Waals surface area contributed by atoms with Gasteiger partial charge in [0.15, 0.2) is 9.84 Å². The maximum atomic E-state index is 12.2. The van der Waals surface area contributed by atoms with E-state index in [1.54, 1.807) is 30.5 Å². The van der Waals surface area contributed by atoms with Crippen molar-refractivity contribution in [2.45, 2.75) is 17.9 Å². The van der Waals surface area contributed by atoms with E-state index in [0.717, 1.165) is 24.2 Å². The van der Waals surface area contributed by atoms with E-state index < -0.39 is 9.84 Å². The normalized spacial score (nSPS) is 16.0. The maximum Gasteiger partial charge on any atom is 0.179 e. The number of aromatic nitrogens is 1. The number of nitrogens with zero attached hydrogens (tertiary/aromatic N) is 2. The minimum Gasteiger partial charge on any atom is -0.364 e. The Kier molecular flexibility index (Phi) is 3.58. The Morgan fingerprint density at radius 3 is 2.85 bits per heavy atom. The molecule has 1 aliphatic rings. The Balaban J connectivity index is 1.63. The lowest BCUT2D eigenvalue weighted by Gasteiger charge is -2.25. The molecular weight excluding hydrogens is 276 g/mol. The lowest BCUT2D eigenvalue weighted by molar-refractivity contribution is 0.268. The summed E-state index contributed by atoms with van der Waals surface area (Å²) >= 11 is 0. The van der Waals surface area contributed by atoms with Gasteiger partial charge in [0.2, 0.25) is 0 Å². The van der Waals surface area contributed by atoms with Crippen LogP contribution >= 0.6 is 0 Å². The van der Waals surface area contributed by atoms with E-state index in [1.165, 1.54) is 0 Å². The van der Waals surface area contributed by atoms with Gasteiger partial charge < -0.3 is 4.52 Å². The molecule has 0 atom stereocenters. The third-order valence-corrected chi connectivity index (χ3v) is 5.28. The van der Waals surface area contributed by atoms with E-state index in [0.29, 0.717) is 18.0 Å². The average Bonchev–Trinajstić information content (AvgIpc) is 2.94. The first kappa shape index (κ1) is 13.3. The molecule has 20 heavy (non-hydrogen) atoms. The number of hydrogen-bond donors (Lipinski definition) is 0. The summed E-state index contributed by atoms with van der Waals surface area (Å²) in [4.78, 5) is 2.52. The van der Waals surface area contributed by atoms with Crippen molar-refractivity contribution in [1.29, 1.82) is 0 Å². The predicted molar refractivity (Wildman–Crippen MR) is 74.0 cm³/mol. The predicted octanol–water partition coefficient (Wildman–Crippen LogP) is 1.51. The first-order chi connectivity index (χ1) is 9.65. The van der Waals surface area contributed by atoms with Crippen molar-refractivity contribution in [3.05, 3.63) is 47.9 Å². The molecule has 0 radical (unpaired) electrons. The molecule has 2 aromatic rings. The van der Waals surface area contributed by atoms with Gasteiger partial charge in [-0.25, -0.2) is 8.42 Å². The summed E-state index contributed by atoms with van der Waals surface area (Å²) in [5.74, 6) is 0.137. The minimum absolute atomic E-state index is 0.137. The molecule has 0 aliphatic carbocycles. The molecule has 0 fully saturated rings. The SMILES string of the molecule is O=S(=O)(CCN1CCc2nocc2C1)c1ccccc1. The molecule has 5 nitrogen and oxygen atoms in total. The van der Waals surface area contributed by atoms with Gasteiger partial charge >= 0.3 is 0 Å². The van der Waals surface area contributed by atoms with Crippen LogP contribution in [0.1, 0.15) is 11.3 Å². The van der Waals surface area contributed by atoms with Crippen LogP contribution in [0.25, 0.3) is 0 Å². The van der Waals surface area contributed by atoms with Gasteiger partial charge in [-0.3, -0.25) is 4.90 Å². The third-order valence-electron chi connectivity index (χ3n) is 3.57. The van der Waals surface area contributed by atoms with Crippen LogP contribution in [0, 0.1) is 0 Å². The summed E-state index contributed by atoms with van der Waals surface area (Å²) in [6.45, 7) is 2.06. The first-order valence-corrected chi connectivity index (χ1v) is 8.23. The number of benzene rings is 1. The zero-order valence-corrected chi connectivity index (χ0v) is 11.8. The fourth-order valence-corrected chi connectivity index (χ4v) is 3.69. The Morgan fingerprint density at radius 1 is 1.25 bits per heavy atom. The Labute approximate surface area is 118 Å². The molecule has 1 aromatic carbocycles. The van der Waals surface area contributed by atoms with Crippen molar-refractivity contribution in [3.63, 3.8) is 0 Å². The van der Waals surface area contributed by atoms with Crippen LogP contribution in [0.4, 0.5) is 0 Å². The highest BCUT2D eigenvalue weighted by Crippen LogP contribution is 2.18. The maximum absolute atomic E-state index is 12.2. The highest BCUT2D eigenvalue weighted by atomic mass is 32.2. The molecule has 0 saturated carbocycles. The zero-order chi connectivity index (χ0) is 14.0. The minimum atomic E-state index is -3.20. The van der Waals surface area contributed by atoms with Crippen molar-refractivity contribution in [3.8, 4) is 0 Å². The van der Waals surface area contributed by atoms with Gasteiger partial charge in [-0.05, 0) is 12.1 Å². The van der Waals surface area contributed by atoms with Crippen molar-refractivity contribution >= 4 is 9.84 Å². The van der Waals surface area contributed by atoms with E-state index in [9.17, 15) is 8.42 Å². The molecule has 1 aromatic heterocycles. The van der Waals surface area contributed by atoms with Crippen LogP contribution in [-0.4, -0.2) is 37.3 Å². The molecule has 106 valence electrons. The van der Waals surface area contributed by atoms with Crippen LogP contribution in [-0.2, 0) is 22.8 Å². The highest BCUT2D eigenvalue weighted by Gasteiger charge is 2.21. The summed E-state index contributed by atoms with van der Waals surface area (Å²) in [5, 5.41) is 3.93. The van der Waals surface area contributed by atoms with Crippen molar-refractivity contribution in [2.75, 3.05) is 18.8 Å².